The van der Waals surface area contributed by atoms with Crippen LogP contribution in [0, 0.1) is 0 Å². The molecule has 3 rings (SSSR count). The molecule has 0 fully saturated rings. The molecule has 0 aliphatic rings. The van der Waals surface area contributed by atoms with Crippen LogP contribution in [0.2, 0.25) is 0 Å². The summed E-state index contributed by atoms with van der Waals surface area (Å²) in [7, 11) is -1.49. The summed E-state index contributed by atoms with van der Waals surface area (Å²) in [5.41, 5.74) is 4.49. The first-order chi connectivity index (χ1) is 11.8. The predicted molar refractivity (Wildman–Crippen MR) is 109 cm³/mol. The van der Waals surface area contributed by atoms with Crippen molar-refractivity contribution in [3.05, 3.63) is 108 Å². The Labute approximate surface area is 146 Å². The van der Waals surface area contributed by atoms with Gasteiger partial charge in [0.15, 0.2) is 0 Å². The molecule has 3 aromatic carbocycles. The fourth-order valence-corrected chi connectivity index (χ4v) is 8.08. The van der Waals surface area contributed by atoms with Gasteiger partial charge in [-0.05, 0) is 0 Å². The van der Waals surface area contributed by atoms with Gasteiger partial charge in [-0.2, -0.15) is 0 Å². The van der Waals surface area contributed by atoms with Gasteiger partial charge >= 0.3 is 147 Å². The molecule has 0 bridgehead atoms. The van der Waals surface area contributed by atoms with E-state index in [9.17, 15) is 0 Å². The van der Waals surface area contributed by atoms with Crippen LogP contribution in [0.3, 0.4) is 0 Å². The number of hydrogen-bond acceptors (Lipinski definition) is 0. The molecule has 3 aromatic rings. The van der Waals surface area contributed by atoms with Gasteiger partial charge in [0.2, 0.25) is 0 Å². The van der Waals surface area contributed by atoms with Crippen molar-refractivity contribution < 1.29 is 0 Å². The van der Waals surface area contributed by atoms with Crippen LogP contribution in [0.1, 0.15) is 23.6 Å². The maximum absolute atomic E-state index is 2.40. The van der Waals surface area contributed by atoms with E-state index in [0.717, 1.165) is 0 Å². The average molecular weight is 334 g/mol. The Morgan fingerprint density at radius 1 is 0.500 bits per heavy atom. The molecule has 0 saturated heterocycles. The molecule has 0 nitrogen and oxygen atoms in total. The molecule has 0 atom stereocenters. The molecule has 0 amide bonds. The van der Waals surface area contributed by atoms with Crippen LogP contribution >= 0.6 is 7.26 Å². The van der Waals surface area contributed by atoms with Gasteiger partial charge in [-0.3, -0.25) is 0 Å². The monoisotopic (exact) mass is 334 g/mol. The van der Waals surface area contributed by atoms with Crippen molar-refractivity contribution in [1.29, 1.82) is 0 Å². The first-order valence-electron chi connectivity index (χ1n) is 8.91. The van der Waals surface area contributed by atoms with Crippen molar-refractivity contribution in [2.75, 3.05) is 6.16 Å². The van der Waals surface area contributed by atoms with Crippen molar-refractivity contribution in [2.45, 2.75) is 25.4 Å². The summed E-state index contributed by atoms with van der Waals surface area (Å²) in [4.78, 5) is 0. The zero-order chi connectivity index (χ0) is 16.7. The van der Waals surface area contributed by atoms with E-state index < -0.39 is 7.26 Å². The summed E-state index contributed by atoms with van der Waals surface area (Å²) in [6, 6.07) is 33.2. The zero-order valence-electron chi connectivity index (χ0n) is 14.5. The Balaban J connectivity index is 1.91. The van der Waals surface area contributed by atoms with Crippen LogP contribution in [0.25, 0.3) is 0 Å². The van der Waals surface area contributed by atoms with Crippen LogP contribution in [0.4, 0.5) is 0 Å². The van der Waals surface area contributed by atoms with Gasteiger partial charge in [-0.15, -0.1) is 0 Å². The summed E-state index contributed by atoms with van der Waals surface area (Å²) in [6.07, 6.45) is 5.09. The van der Waals surface area contributed by atoms with Crippen molar-refractivity contribution in [3.63, 3.8) is 0 Å². The van der Waals surface area contributed by atoms with Crippen LogP contribution in [-0.2, 0) is 18.5 Å². The second-order valence-corrected chi connectivity index (χ2v) is 11.6. The van der Waals surface area contributed by atoms with E-state index in [1.165, 1.54) is 41.3 Å². The Morgan fingerprint density at radius 2 is 0.792 bits per heavy atom. The molecule has 0 aromatic heterocycles. The Morgan fingerprint density at radius 3 is 1.04 bits per heavy atom. The minimum absolute atomic E-state index is 1.26. The van der Waals surface area contributed by atoms with E-state index in [4.69, 9.17) is 0 Å². The fourth-order valence-electron chi connectivity index (χ4n) is 3.65. The molecular weight excluding hydrogens is 307 g/mol. The van der Waals surface area contributed by atoms with Gasteiger partial charge in [0.05, 0.1) is 0 Å². The maximum atomic E-state index is 2.40. The number of benzene rings is 3. The Bertz CT molecular complexity index is 618. The molecule has 0 radical (unpaired) electrons. The number of rotatable bonds is 7. The van der Waals surface area contributed by atoms with Gasteiger partial charge in [-0.25, -0.2) is 0 Å². The molecule has 0 N–H and O–H groups in total. The van der Waals surface area contributed by atoms with E-state index >= 15 is 0 Å². The van der Waals surface area contributed by atoms with Crippen LogP contribution in [0.15, 0.2) is 91.0 Å². The zero-order valence-corrected chi connectivity index (χ0v) is 15.5. The topological polar surface area (TPSA) is 0 Å². The fraction of sp³-hybridized carbons (Fsp3) is 0.217. The quantitative estimate of drug-likeness (QED) is 0.441. The Hall–Kier alpha value is -1.91. The average Bonchev–Trinajstić information content (AvgIpc) is 2.64. The second-order valence-electron chi connectivity index (χ2n) is 6.84. The van der Waals surface area contributed by atoms with E-state index in [-0.39, 0.29) is 0 Å². The van der Waals surface area contributed by atoms with Crippen LogP contribution in [-0.4, -0.2) is 6.16 Å². The molecule has 0 aliphatic heterocycles. The number of hydrogen-bond donors (Lipinski definition) is 0. The van der Waals surface area contributed by atoms with Gasteiger partial charge in [0.25, 0.3) is 0 Å². The summed E-state index contributed by atoms with van der Waals surface area (Å²) in [5, 5.41) is 0. The summed E-state index contributed by atoms with van der Waals surface area (Å²) >= 11 is 0. The summed E-state index contributed by atoms with van der Waals surface area (Å²) in [5.74, 6) is 0. The predicted octanol–water partition coefficient (Wildman–Crippen LogP) is 6.36. The van der Waals surface area contributed by atoms with E-state index in [2.05, 4.69) is 97.9 Å². The van der Waals surface area contributed by atoms with Gasteiger partial charge in [0.1, 0.15) is 0 Å². The van der Waals surface area contributed by atoms with Crippen molar-refractivity contribution in [2.24, 2.45) is 0 Å². The third-order valence-electron chi connectivity index (χ3n) is 5.02. The molecule has 0 unspecified atom stereocenters. The molecule has 124 valence electrons. The molecule has 24 heavy (non-hydrogen) atoms. The molecule has 0 heterocycles. The molecular formula is C23H27P. The van der Waals surface area contributed by atoms with Crippen LogP contribution < -0.4 is 0 Å². The minimum atomic E-state index is -1.49. The molecule has 0 spiro atoms. The van der Waals surface area contributed by atoms with Gasteiger partial charge < -0.3 is 0 Å². The van der Waals surface area contributed by atoms with Gasteiger partial charge in [-0.1, -0.05) is 0 Å². The third-order valence-corrected chi connectivity index (χ3v) is 9.99. The van der Waals surface area contributed by atoms with E-state index in [1.54, 1.807) is 0 Å². The van der Waals surface area contributed by atoms with E-state index in [1.807, 2.05) is 0 Å². The van der Waals surface area contributed by atoms with Crippen molar-refractivity contribution in [1.82, 2.24) is 0 Å². The van der Waals surface area contributed by atoms with Crippen molar-refractivity contribution in [3.8, 4) is 0 Å². The SMILES string of the molecule is CC[PH](Cc1ccccc1)(Cc1ccccc1)Cc1ccccc1. The Kier molecular flexibility index (Phi) is 5.83. The normalized spacial score (nSPS) is 12.0. The molecule has 0 saturated carbocycles. The summed E-state index contributed by atoms with van der Waals surface area (Å²) in [6.45, 7) is 2.40. The van der Waals surface area contributed by atoms with Gasteiger partial charge in [0, 0.05) is 0 Å². The van der Waals surface area contributed by atoms with Crippen molar-refractivity contribution >= 4 is 7.26 Å². The third kappa shape index (κ3) is 4.56. The standard InChI is InChI=1S/C23H27P/c1-2-24(18-21-12-6-3-7-13-21,19-22-14-8-4-9-15-22)20-23-16-10-5-11-17-23/h3-17,24H,2,18-20H2,1H3. The summed E-state index contributed by atoms with van der Waals surface area (Å²) < 4.78 is 0. The molecule has 1 heteroatoms. The van der Waals surface area contributed by atoms with E-state index in [0.29, 0.717) is 0 Å². The van der Waals surface area contributed by atoms with Crippen LogP contribution in [0.5, 0.6) is 0 Å². The molecule has 0 aliphatic carbocycles. The first kappa shape index (κ1) is 16.9. The first-order valence-corrected chi connectivity index (χ1v) is 11.7. The second kappa shape index (κ2) is 8.27.